The third-order valence-electron chi connectivity index (χ3n) is 2.07. The molecule has 3 N–H and O–H groups in total. The van der Waals surface area contributed by atoms with Crippen LogP contribution in [-0.2, 0) is 9.47 Å². The Morgan fingerprint density at radius 3 is 2.25 bits per heavy atom. The van der Waals surface area contributed by atoms with Gasteiger partial charge in [-0.15, -0.1) is 0 Å². The van der Waals surface area contributed by atoms with Crippen LogP contribution in [0, 0.1) is 0 Å². The van der Waals surface area contributed by atoms with E-state index in [4.69, 9.17) is 9.47 Å². The molecule has 1 aliphatic rings. The zero-order valence-electron chi connectivity index (χ0n) is 7.04. The quantitative estimate of drug-likeness (QED) is 0.453. The molecule has 5 nitrogen and oxygen atoms in total. The molecule has 0 unspecified atom stereocenters. The lowest BCUT2D eigenvalue weighted by Gasteiger charge is -2.38. The van der Waals surface area contributed by atoms with E-state index in [9.17, 15) is 15.3 Å². The summed E-state index contributed by atoms with van der Waals surface area (Å²) in [5, 5.41) is 27.9. The van der Waals surface area contributed by atoms with E-state index in [-0.39, 0.29) is 0 Å². The van der Waals surface area contributed by atoms with Crippen LogP contribution in [0.3, 0.4) is 0 Å². The van der Waals surface area contributed by atoms with E-state index < -0.39 is 30.7 Å². The van der Waals surface area contributed by atoms with Gasteiger partial charge in [-0.25, -0.2) is 0 Å². The SMILES string of the molecule is CO[C@@H]1[C@H](O)[C@@H](O)[C@@H](C)O[C@@H]1O. The van der Waals surface area contributed by atoms with Crippen molar-refractivity contribution in [3.8, 4) is 0 Å². The number of aliphatic hydroxyl groups excluding tert-OH is 3. The Kier molecular flexibility index (Phi) is 3.03. The fraction of sp³-hybridized carbons (Fsp3) is 1.00. The smallest absolute Gasteiger partial charge is 0.184 e. The van der Waals surface area contributed by atoms with Crippen LogP contribution >= 0.6 is 0 Å². The second kappa shape index (κ2) is 3.68. The van der Waals surface area contributed by atoms with Gasteiger partial charge in [0.1, 0.15) is 18.3 Å². The number of hydrogen-bond acceptors (Lipinski definition) is 5. The van der Waals surface area contributed by atoms with Gasteiger partial charge in [0.25, 0.3) is 0 Å². The molecule has 0 aliphatic carbocycles. The normalized spacial score (nSPS) is 49.2. The minimum atomic E-state index is -1.18. The Bertz CT molecular complexity index is 151. The summed E-state index contributed by atoms with van der Waals surface area (Å²) >= 11 is 0. The number of rotatable bonds is 1. The van der Waals surface area contributed by atoms with Crippen LogP contribution in [0.4, 0.5) is 0 Å². The van der Waals surface area contributed by atoms with Crippen molar-refractivity contribution in [2.75, 3.05) is 7.11 Å². The lowest BCUT2D eigenvalue weighted by Crippen LogP contribution is -2.57. The van der Waals surface area contributed by atoms with Crippen LogP contribution in [0.1, 0.15) is 6.92 Å². The monoisotopic (exact) mass is 178 g/mol. The third-order valence-corrected chi connectivity index (χ3v) is 2.07. The van der Waals surface area contributed by atoms with Crippen molar-refractivity contribution in [1.29, 1.82) is 0 Å². The highest BCUT2D eigenvalue weighted by Crippen LogP contribution is 2.20. The maximum absolute atomic E-state index is 9.36. The standard InChI is InChI=1S/C7H14O5/c1-3-4(8)5(9)6(11-2)7(10)12-3/h3-10H,1-2H3/t3-,4+,5-,6-,7+/m1/s1. The summed E-state index contributed by atoms with van der Waals surface area (Å²) in [6.07, 6.45) is -4.76. The van der Waals surface area contributed by atoms with Crippen LogP contribution < -0.4 is 0 Å². The third kappa shape index (κ3) is 1.60. The topological polar surface area (TPSA) is 79.2 Å². The maximum Gasteiger partial charge on any atom is 0.184 e. The van der Waals surface area contributed by atoms with Crippen molar-refractivity contribution in [3.05, 3.63) is 0 Å². The zero-order valence-corrected chi connectivity index (χ0v) is 7.04. The molecule has 5 atom stereocenters. The summed E-state index contributed by atoms with van der Waals surface area (Å²) in [5.74, 6) is 0. The van der Waals surface area contributed by atoms with Crippen LogP contribution in [-0.4, -0.2) is 53.1 Å². The summed E-state index contributed by atoms with van der Waals surface area (Å²) in [4.78, 5) is 0. The molecule has 0 aromatic carbocycles. The molecular weight excluding hydrogens is 164 g/mol. The largest absolute Gasteiger partial charge is 0.388 e. The Hall–Kier alpha value is -0.200. The second-order valence-corrected chi connectivity index (χ2v) is 2.91. The van der Waals surface area contributed by atoms with Crippen LogP contribution in [0.5, 0.6) is 0 Å². The fourth-order valence-electron chi connectivity index (χ4n) is 1.27. The van der Waals surface area contributed by atoms with Crippen LogP contribution in [0.2, 0.25) is 0 Å². The molecule has 72 valence electrons. The number of methoxy groups -OCH3 is 1. The minimum Gasteiger partial charge on any atom is -0.388 e. The molecule has 12 heavy (non-hydrogen) atoms. The molecular formula is C7H14O5. The summed E-state index contributed by atoms with van der Waals surface area (Å²) in [7, 11) is 1.34. The molecule has 0 spiro atoms. The molecule has 0 radical (unpaired) electrons. The van der Waals surface area contributed by atoms with Gasteiger partial charge in [0.2, 0.25) is 0 Å². The Labute approximate surface area is 70.5 Å². The van der Waals surface area contributed by atoms with E-state index >= 15 is 0 Å². The first-order valence-electron chi connectivity index (χ1n) is 3.80. The van der Waals surface area contributed by atoms with Crippen LogP contribution in [0.15, 0.2) is 0 Å². The molecule has 1 saturated heterocycles. The first kappa shape index (κ1) is 9.88. The minimum absolute atomic E-state index is 0.582. The van der Waals surface area contributed by atoms with Crippen molar-refractivity contribution in [2.24, 2.45) is 0 Å². The number of ether oxygens (including phenoxy) is 2. The maximum atomic E-state index is 9.36. The first-order valence-corrected chi connectivity index (χ1v) is 3.80. The Morgan fingerprint density at radius 2 is 1.75 bits per heavy atom. The van der Waals surface area contributed by atoms with Crippen molar-refractivity contribution in [2.45, 2.75) is 37.6 Å². The Morgan fingerprint density at radius 1 is 1.17 bits per heavy atom. The van der Waals surface area contributed by atoms with E-state index in [0.29, 0.717) is 0 Å². The predicted octanol–water partition coefficient (Wildman–Crippen LogP) is -1.54. The number of aliphatic hydroxyl groups is 3. The average molecular weight is 178 g/mol. The van der Waals surface area contributed by atoms with Crippen molar-refractivity contribution < 1.29 is 24.8 Å². The highest BCUT2D eigenvalue weighted by molar-refractivity contribution is 4.87. The highest BCUT2D eigenvalue weighted by atomic mass is 16.7. The molecule has 0 saturated carbocycles. The van der Waals surface area contributed by atoms with E-state index in [1.807, 2.05) is 0 Å². The highest BCUT2D eigenvalue weighted by Gasteiger charge is 2.41. The first-order chi connectivity index (χ1) is 5.57. The van der Waals surface area contributed by atoms with Gasteiger partial charge in [0.05, 0.1) is 6.10 Å². The van der Waals surface area contributed by atoms with Gasteiger partial charge in [0.15, 0.2) is 6.29 Å². The van der Waals surface area contributed by atoms with Crippen molar-refractivity contribution >= 4 is 0 Å². The van der Waals surface area contributed by atoms with Crippen LogP contribution in [0.25, 0.3) is 0 Å². The molecule has 1 aliphatic heterocycles. The van der Waals surface area contributed by atoms with Crippen molar-refractivity contribution in [3.63, 3.8) is 0 Å². The van der Waals surface area contributed by atoms with Gasteiger partial charge in [-0.05, 0) is 6.92 Å². The molecule has 0 aromatic heterocycles. The second-order valence-electron chi connectivity index (χ2n) is 2.91. The Balaban J connectivity index is 2.65. The summed E-state index contributed by atoms with van der Waals surface area (Å²) < 4.78 is 9.64. The van der Waals surface area contributed by atoms with Gasteiger partial charge in [-0.1, -0.05) is 0 Å². The lowest BCUT2D eigenvalue weighted by atomic mass is 10.00. The van der Waals surface area contributed by atoms with Gasteiger partial charge in [-0.2, -0.15) is 0 Å². The molecule has 0 amide bonds. The molecule has 0 bridgehead atoms. The summed E-state index contributed by atoms with van der Waals surface area (Å²) in [5.41, 5.74) is 0. The molecule has 0 aromatic rings. The predicted molar refractivity (Wildman–Crippen MR) is 39.4 cm³/mol. The van der Waals surface area contributed by atoms with E-state index in [1.54, 1.807) is 6.92 Å². The van der Waals surface area contributed by atoms with E-state index in [2.05, 4.69) is 0 Å². The average Bonchev–Trinajstić information content (AvgIpc) is 2.01. The van der Waals surface area contributed by atoms with E-state index in [0.717, 1.165) is 0 Å². The molecule has 5 heteroatoms. The van der Waals surface area contributed by atoms with Gasteiger partial charge < -0.3 is 24.8 Å². The summed E-state index contributed by atoms with van der Waals surface area (Å²) in [6, 6.07) is 0. The number of hydrogen-bond donors (Lipinski definition) is 3. The van der Waals surface area contributed by atoms with Gasteiger partial charge >= 0.3 is 0 Å². The lowest BCUT2D eigenvalue weighted by molar-refractivity contribution is -0.283. The molecule has 1 fully saturated rings. The molecule has 1 heterocycles. The summed E-state index contributed by atoms with van der Waals surface area (Å²) in [6.45, 7) is 1.57. The molecule has 1 rings (SSSR count). The van der Waals surface area contributed by atoms with Gasteiger partial charge in [0, 0.05) is 7.11 Å². The zero-order chi connectivity index (χ0) is 9.30. The fourth-order valence-corrected chi connectivity index (χ4v) is 1.27. The van der Waals surface area contributed by atoms with E-state index in [1.165, 1.54) is 7.11 Å². The van der Waals surface area contributed by atoms with Crippen molar-refractivity contribution in [1.82, 2.24) is 0 Å². The van der Waals surface area contributed by atoms with Gasteiger partial charge in [-0.3, -0.25) is 0 Å².